The SMILES string of the molecule is CCCCCCCCCCCCNC(C)CCSC. The zero-order chi connectivity index (χ0) is 14.2. The van der Waals surface area contributed by atoms with Gasteiger partial charge in [0, 0.05) is 6.04 Å². The third kappa shape index (κ3) is 16.3. The number of hydrogen-bond acceptors (Lipinski definition) is 2. The molecule has 0 spiro atoms. The lowest BCUT2D eigenvalue weighted by Crippen LogP contribution is -2.27. The monoisotopic (exact) mass is 287 g/mol. The van der Waals surface area contributed by atoms with E-state index >= 15 is 0 Å². The van der Waals surface area contributed by atoms with Gasteiger partial charge in [0.25, 0.3) is 0 Å². The van der Waals surface area contributed by atoms with Gasteiger partial charge in [0.15, 0.2) is 0 Å². The van der Waals surface area contributed by atoms with Crippen molar-refractivity contribution in [3.05, 3.63) is 0 Å². The Balaban J connectivity index is 3.02. The van der Waals surface area contributed by atoms with Crippen molar-refractivity contribution < 1.29 is 0 Å². The summed E-state index contributed by atoms with van der Waals surface area (Å²) in [4.78, 5) is 0. The molecule has 0 heterocycles. The van der Waals surface area contributed by atoms with Crippen LogP contribution in [0.2, 0.25) is 0 Å². The molecule has 0 amide bonds. The van der Waals surface area contributed by atoms with E-state index in [1.54, 1.807) is 0 Å². The van der Waals surface area contributed by atoms with Crippen LogP contribution in [0.3, 0.4) is 0 Å². The molecule has 0 aliphatic heterocycles. The van der Waals surface area contributed by atoms with Gasteiger partial charge in [0.1, 0.15) is 0 Å². The molecule has 0 bridgehead atoms. The van der Waals surface area contributed by atoms with Gasteiger partial charge in [-0.2, -0.15) is 11.8 Å². The van der Waals surface area contributed by atoms with E-state index in [1.807, 2.05) is 11.8 Å². The Hall–Kier alpha value is 0.310. The van der Waals surface area contributed by atoms with E-state index < -0.39 is 0 Å². The molecule has 0 saturated carbocycles. The third-order valence-corrected chi connectivity index (χ3v) is 4.42. The lowest BCUT2D eigenvalue weighted by atomic mass is 10.1. The van der Waals surface area contributed by atoms with Crippen LogP contribution >= 0.6 is 11.8 Å². The first kappa shape index (κ1) is 19.3. The van der Waals surface area contributed by atoms with Crippen LogP contribution < -0.4 is 5.32 Å². The van der Waals surface area contributed by atoms with Crippen molar-refractivity contribution in [2.75, 3.05) is 18.6 Å². The molecule has 0 aliphatic rings. The van der Waals surface area contributed by atoms with Crippen LogP contribution in [0.15, 0.2) is 0 Å². The van der Waals surface area contributed by atoms with E-state index in [0.29, 0.717) is 6.04 Å². The van der Waals surface area contributed by atoms with Crippen LogP contribution in [-0.4, -0.2) is 24.6 Å². The van der Waals surface area contributed by atoms with Crippen molar-refractivity contribution >= 4 is 11.8 Å². The maximum absolute atomic E-state index is 3.63. The fourth-order valence-corrected chi connectivity index (χ4v) is 2.95. The zero-order valence-electron chi connectivity index (χ0n) is 13.7. The lowest BCUT2D eigenvalue weighted by molar-refractivity contribution is 0.501. The Morgan fingerprint density at radius 1 is 0.842 bits per heavy atom. The molecule has 0 fully saturated rings. The Kier molecular flexibility index (Phi) is 16.6. The van der Waals surface area contributed by atoms with Crippen LogP contribution in [0.5, 0.6) is 0 Å². The number of hydrogen-bond donors (Lipinski definition) is 1. The smallest absolute Gasteiger partial charge is 0.00465 e. The molecular weight excluding hydrogens is 250 g/mol. The van der Waals surface area contributed by atoms with Crippen LogP contribution in [-0.2, 0) is 0 Å². The van der Waals surface area contributed by atoms with Gasteiger partial charge in [-0.05, 0) is 38.3 Å². The summed E-state index contributed by atoms with van der Waals surface area (Å²) in [5.41, 5.74) is 0. The minimum absolute atomic E-state index is 0.700. The molecule has 1 N–H and O–H groups in total. The highest BCUT2D eigenvalue weighted by atomic mass is 32.2. The molecule has 19 heavy (non-hydrogen) atoms. The summed E-state index contributed by atoms with van der Waals surface area (Å²) in [7, 11) is 0. The molecule has 2 heteroatoms. The lowest BCUT2D eigenvalue weighted by Gasteiger charge is -2.12. The highest BCUT2D eigenvalue weighted by Gasteiger charge is 1.99. The molecule has 0 aromatic carbocycles. The Morgan fingerprint density at radius 2 is 1.37 bits per heavy atom. The van der Waals surface area contributed by atoms with Crippen LogP contribution in [0.1, 0.15) is 84.5 Å². The average Bonchev–Trinajstić information content (AvgIpc) is 2.42. The van der Waals surface area contributed by atoms with E-state index in [-0.39, 0.29) is 0 Å². The first-order valence-electron chi connectivity index (χ1n) is 8.53. The highest BCUT2D eigenvalue weighted by molar-refractivity contribution is 7.98. The summed E-state index contributed by atoms with van der Waals surface area (Å²) in [6.07, 6.45) is 17.8. The maximum Gasteiger partial charge on any atom is 0.00465 e. The minimum Gasteiger partial charge on any atom is -0.314 e. The number of unbranched alkanes of at least 4 members (excludes halogenated alkanes) is 9. The fraction of sp³-hybridized carbons (Fsp3) is 1.00. The van der Waals surface area contributed by atoms with E-state index in [0.717, 1.165) is 0 Å². The zero-order valence-corrected chi connectivity index (χ0v) is 14.5. The van der Waals surface area contributed by atoms with Crippen molar-refractivity contribution in [3.8, 4) is 0 Å². The second-order valence-electron chi connectivity index (χ2n) is 5.82. The fourth-order valence-electron chi connectivity index (χ4n) is 2.36. The standard InChI is InChI=1S/C17H37NS/c1-4-5-6-7-8-9-10-11-12-13-15-18-17(2)14-16-19-3/h17-18H,4-16H2,1-3H3. The van der Waals surface area contributed by atoms with E-state index in [9.17, 15) is 0 Å². The van der Waals surface area contributed by atoms with Gasteiger partial charge in [-0.1, -0.05) is 64.7 Å². The Bertz CT molecular complexity index is 161. The molecule has 0 aromatic heterocycles. The third-order valence-electron chi connectivity index (χ3n) is 3.78. The molecule has 1 unspecified atom stereocenters. The summed E-state index contributed by atoms with van der Waals surface area (Å²) in [6, 6.07) is 0.700. The molecule has 1 nitrogen and oxygen atoms in total. The van der Waals surface area contributed by atoms with Crippen molar-refractivity contribution in [1.82, 2.24) is 5.32 Å². The van der Waals surface area contributed by atoms with E-state index in [1.165, 1.54) is 82.9 Å². The van der Waals surface area contributed by atoms with Crippen LogP contribution in [0.25, 0.3) is 0 Å². The Morgan fingerprint density at radius 3 is 1.89 bits per heavy atom. The predicted molar refractivity (Wildman–Crippen MR) is 92.3 cm³/mol. The molecule has 0 radical (unpaired) electrons. The van der Waals surface area contributed by atoms with Gasteiger partial charge in [0.05, 0.1) is 0 Å². The number of thioether (sulfide) groups is 1. The van der Waals surface area contributed by atoms with E-state index in [4.69, 9.17) is 0 Å². The van der Waals surface area contributed by atoms with Gasteiger partial charge in [0.2, 0.25) is 0 Å². The highest BCUT2D eigenvalue weighted by Crippen LogP contribution is 2.10. The van der Waals surface area contributed by atoms with Gasteiger partial charge in [-0.3, -0.25) is 0 Å². The summed E-state index contributed by atoms with van der Waals surface area (Å²) in [5.74, 6) is 1.28. The molecular formula is C17H37NS. The number of rotatable bonds is 15. The summed E-state index contributed by atoms with van der Waals surface area (Å²) in [5, 5.41) is 3.63. The van der Waals surface area contributed by atoms with E-state index in [2.05, 4.69) is 25.4 Å². The summed E-state index contributed by atoms with van der Waals surface area (Å²) in [6.45, 7) is 5.81. The molecule has 0 aromatic rings. The predicted octanol–water partition coefficient (Wildman–Crippen LogP) is 5.64. The van der Waals surface area contributed by atoms with Gasteiger partial charge in [-0.25, -0.2) is 0 Å². The largest absolute Gasteiger partial charge is 0.314 e. The van der Waals surface area contributed by atoms with Crippen molar-refractivity contribution in [1.29, 1.82) is 0 Å². The van der Waals surface area contributed by atoms with Gasteiger partial charge < -0.3 is 5.32 Å². The van der Waals surface area contributed by atoms with Crippen molar-refractivity contribution in [2.45, 2.75) is 90.5 Å². The normalized spacial score (nSPS) is 12.8. The molecule has 0 saturated heterocycles. The minimum atomic E-state index is 0.700. The second kappa shape index (κ2) is 16.4. The van der Waals surface area contributed by atoms with Crippen molar-refractivity contribution in [2.24, 2.45) is 0 Å². The first-order chi connectivity index (χ1) is 9.31. The first-order valence-corrected chi connectivity index (χ1v) is 9.93. The molecule has 1 atom stereocenters. The topological polar surface area (TPSA) is 12.0 Å². The molecule has 0 rings (SSSR count). The maximum atomic E-state index is 3.63. The number of nitrogens with one attached hydrogen (secondary N) is 1. The summed E-state index contributed by atoms with van der Waals surface area (Å²) < 4.78 is 0. The summed E-state index contributed by atoms with van der Waals surface area (Å²) >= 11 is 1.95. The van der Waals surface area contributed by atoms with Gasteiger partial charge in [-0.15, -0.1) is 0 Å². The van der Waals surface area contributed by atoms with Crippen LogP contribution in [0, 0.1) is 0 Å². The molecule has 116 valence electrons. The van der Waals surface area contributed by atoms with Crippen molar-refractivity contribution in [3.63, 3.8) is 0 Å². The second-order valence-corrected chi connectivity index (χ2v) is 6.80. The van der Waals surface area contributed by atoms with Gasteiger partial charge >= 0.3 is 0 Å². The van der Waals surface area contributed by atoms with Crippen LogP contribution in [0.4, 0.5) is 0 Å². The quantitative estimate of drug-likeness (QED) is 0.391. The Labute approximate surface area is 126 Å². The molecule has 0 aliphatic carbocycles. The average molecular weight is 288 g/mol.